The summed E-state index contributed by atoms with van der Waals surface area (Å²) < 4.78 is 7.88. The molecule has 5 nitrogen and oxygen atoms in total. The summed E-state index contributed by atoms with van der Waals surface area (Å²) in [5.74, 6) is -0.312. The molecule has 1 aromatic carbocycles. The van der Waals surface area contributed by atoms with Crippen LogP contribution in [0.2, 0.25) is 0 Å². The second-order valence-electron chi connectivity index (χ2n) is 4.47. The minimum absolute atomic E-state index is 0.312. The number of carbonyl (C=O) groups excluding carboxylic acids is 1. The summed E-state index contributed by atoms with van der Waals surface area (Å²) in [6.07, 6.45) is 3.54. The van der Waals surface area contributed by atoms with Gasteiger partial charge in [-0.1, -0.05) is 22.0 Å². The van der Waals surface area contributed by atoms with E-state index in [-0.39, 0.29) is 5.97 Å². The van der Waals surface area contributed by atoms with Gasteiger partial charge in [0, 0.05) is 28.5 Å². The van der Waals surface area contributed by atoms with Gasteiger partial charge in [0.05, 0.1) is 12.8 Å². The number of hydrogen-bond donors (Lipinski definition) is 1. The maximum Gasteiger partial charge on any atom is 0.333 e. The molecule has 1 N–H and O–H groups in total. The van der Waals surface area contributed by atoms with Crippen LogP contribution >= 0.6 is 15.9 Å². The summed E-state index contributed by atoms with van der Waals surface area (Å²) in [6.45, 7) is 4.89. The fourth-order valence-electron chi connectivity index (χ4n) is 1.95. The van der Waals surface area contributed by atoms with Crippen molar-refractivity contribution in [2.24, 2.45) is 0 Å². The SMILES string of the molecule is CCOC(=O)C(Nc1cccc(Br)c1)c1cnn(CC)c1. The van der Waals surface area contributed by atoms with Crippen molar-refractivity contribution in [3.63, 3.8) is 0 Å². The fraction of sp³-hybridized carbons (Fsp3) is 0.333. The molecule has 0 radical (unpaired) electrons. The molecular weight excluding hydrogens is 334 g/mol. The first kappa shape index (κ1) is 15.6. The van der Waals surface area contributed by atoms with E-state index in [0.29, 0.717) is 6.61 Å². The molecule has 2 aromatic rings. The molecule has 1 heterocycles. The summed E-state index contributed by atoms with van der Waals surface area (Å²) in [7, 11) is 0. The Morgan fingerprint density at radius 1 is 1.48 bits per heavy atom. The summed E-state index contributed by atoms with van der Waals surface area (Å²) >= 11 is 3.42. The lowest BCUT2D eigenvalue weighted by Gasteiger charge is -2.17. The van der Waals surface area contributed by atoms with Gasteiger partial charge in [-0.2, -0.15) is 5.10 Å². The van der Waals surface area contributed by atoms with E-state index < -0.39 is 6.04 Å². The topological polar surface area (TPSA) is 56.1 Å². The van der Waals surface area contributed by atoms with Crippen LogP contribution in [0.3, 0.4) is 0 Å². The minimum Gasteiger partial charge on any atom is -0.464 e. The number of anilines is 1. The first-order chi connectivity index (χ1) is 10.1. The highest BCUT2D eigenvalue weighted by Gasteiger charge is 2.23. The van der Waals surface area contributed by atoms with Crippen LogP contribution in [0.25, 0.3) is 0 Å². The second kappa shape index (κ2) is 7.26. The van der Waals surface area contributed by atoms with Crippen LogP contribution in [-0.4, -0.2) is 22.4 Å². The van der Waals surface area contributed by atoms with E-state index in [9.17, 15) is 4.79 Å². The van der Waals surface area contributed by atoms with Crippen LogP contribution in [0, 0.1) is 0 Å². The van der Waals surface area contributed by atoms with Gasteiger partial charge in [0.25, 0.3) is 0 Å². The van der Waals surface area contributed by atoms with E-state index in [1.54, 1.807) is 17.8 Å². The maximum atomic E-state index is 12.2. The molecule has 0 aliphatic carbocycles. The van der Waals surface area contributed by atoms with E-state index in [0.717, 1.165) is 22.3 Å². The van der Waals surface area contributed by atoms with Gasteiger partial charge in [0.1, 0.15) is 0 Å². The van der Waals surface area contributed by atoms with Crippen molar-refractivity contribution < 1.29 is 9.53 Å². The first-order valence-corrected chi connectivity index (χ1v) is 7.64. The Bertz CT molecular complexity index is 612. The highest BCUT2D eigenvalue weighted by atomic mass is 79.9. The molecule has 0 aliphatic rings. The zero-order valence-electron chi connectivity index (χ0n) is 12.0. The monoisotopic (exact) mass is 351 g/mol. The fourth-order valence-corrected chi connectivity index (χ4v) is 2.35. The van der Waals surface area contributed by atoms with Crippen LogP contribution in [0.15, 0.2) is 41.1 Å². The van der Waals surface area contributed by atoms with Crippen molar-refractivity contribution >= 4 is 27.6 Å². The summed E-state index contributed by atoms with van der Waals surface area (Å²) in [5, 5.41) is 7.42. The molecule has 0 saturated carbocycles. The number of aromatic nitrogens is 2. The maximum absolute atomic E-state index is 12.2. The quantitative estimate of drug-likeness (QED) is 0.810. The van der Waals surface area contributed by atoms with Gasteiger partial charge < -0.3 is 10.1 Å². The number of nitrogens with zero attached hydrogens (tertiary/aromatic N) is 2. The minimum atomic E-state index is -0.570. The highest BCUT2D eigenvalue weighted by Crippen LogP contribution is 2.23. The predicted molar refractivity (Wildman–Crippen MR) is 85.0 cm³/mol. The number of ether oxygens (including phenoxy) is 1. The standard InChI is InChI=1S/C15H18BrN3O2/c1-3-19-10-11(9-17-19)14(15(20)21-4-2)18-13-7-5-6-12(16)8-13/h5-10,14,18H,3-4H2,1-2H3. The van der Waals surface area contributed by atoms with Crippen LogP contribution < -0.4 is 5.32 Å². The van der Waals surface area contributed by atoms with E-state index in [1.165, 1.54) is 0 Å². The Morgan fingerprint density at radius 3 is 2.90 bits per heavy atom. The van der Waals surface area contributed by atoms with E-state index >= 15 is 0 Å². The molecule has 1 unspecified atom stereocenters. The highest BCUT2D eigenvalue weighted by molar-refractivity contribution is 9.10. The molecular formula is C15H18BrN3O2. The molecule has 1 atom stereocenters. The number of aryl methyl sites for hydroxylation is 1. The van der Waals surface area contributed by atoms with E-state index in [2.05, 4.69) is 26.3 Å². The largest absolute Gasteiger partial charge is 0.464 e. The molecule has 0 spiro atoms. The van der Waals surface area contributed by atoms with Crippen LogP contribution in [0.5, 0.6) is 0 Å². The number of esters is 1. The van der Waals surface area contributed by atoms with E-state index in [4.69, 9.17) is 4.74 Å². The third-order valence-electron chi connectivity index (χ3n) is 2.97. The lowest BCUT2D eigenvalue weighted by Crippen LogP contribution is -2.23. The van der Waals surface area contributed by atoms with Gasteiger partial charge in [-0.25, -0.2) is 4.79 Å². The van der Waals surface area contributed by atoms with Crippen LogP contribution in [-0.2, 0) is 16.1 Å². The first-order valence-electron chi connectivity index (χ1n) is 6.85. The Hall–Kier alpha value is -1.82. The molecule has 21 heavy (non-hydrogen) atoms. The normalized spacial score (nSPS) is 12.0. The number of carbonyl (C=O) groups is 1. The molecule has 2 rings (SSSR count). The predicted octanol–water partition coefficient (Wildman–Crippen LogP) is 3.38. The third kappa shape index (κ3) is 4.07. The Labute approximate surface area is 132 Å². The smallest absolute Gasteiger partial charge is 0.333 e. The van der Waals surface area contributed by atoms with Crippen molar-refractivity contribution in [2.75, 3.05) is 11.9 Å². The summed E-state index contributed by atoms with van der Waals surface area (Å²) in [5.41, 5.74) is 1.63. The van der Waals surface area contributed by atoms with E-state index in [1.807, 2.05) is 37.4 Å². The lowest BCUT2D eigenvalue weighted by atomic mass is 10.1. The molecule has 0 amide bonds. The molecule has 6 heteroatoms. The number of halogens is 1. The molecule has 0 fully saturated rings. The number of nitrogens with one attached hydrogen (secondary N) is 1. The molecule has 112 valence electrons. The van der Waals surface area contributed by atoms with Gasteiger partial charge in [-0.05, 0) is 32.0 Å². The van der Waals surface area contributed by atoms with Gasteiger partial charge in [-0.3, -0.25) is 4.68 Å². The van der Waals surface area contributed by atoms with Crippen LogP contribution in [0.4, 0.5) is 5.69 Å². The Kier molecular flexibility index (Phi) is 5.38. The van der Waals surface area contributed by atoms with Gasteiger partial charge in [-0.15, -0.1) is 0 Å². The van der Waals surface area contributed by atoms with Gasteiger partial charge >= 0.3 is 5.97 Å². The van der Waals surface area contributed by atoms with Crippen LogP contribution in [0.1, 0.15) is 25.5 Å². The third-order valence-corrected chi connectivity index (χ3v) is 3.46. The van der Waals surface area contributed by atoms with Crippen molar-refractivity contribution in [3.05, 3.63) is 46.7 Å². The average molecular weight is 352 g/mol. The number of hydrogen-bond acceptors (Lipinski definition) is 4. The molecule has 1 aromatic heterocycles. The molecule has 0 saturated heterocycles. The summed E-state index contributed by atoms with van der Waals surface area (Å²) in [4.78, 5) is 12.2. The Morgan fingerprint density at radius 2 is 2.29 bits per heavy atom. The zero-order valence-corrected chi connectivity index (χ0v) is 13.6. The van der Waals surface area contributed by atoms with Gasteiger partial charge in [0.15, 0.2) is 6.04 Å². The summed E-state index contributed by atoms with van der Waals surface area (Å²) in [6, 6.07) is 7.08. The average Bonchev–Trinajstić information content (AvgIpc) is 2.93. The number of rotatable bonds is 6. The zero-order chi connectivity index (χ0) is 15.2. The van der Waals surface area contributed by atoms with Crippen molar-refractivity contribution in [1.82, 2.24) is 9.78 Å². The van der Waals surface area contributed by atoms with Crippen molar-refractivity contribution in [3.8, 4) is 0 Å². The second-order valence-corrected chi connectivity index (χ2v) is 5.38. The molecule has 0 bridgehead atoms. The Balaban J connectivity index is 2.25. The number of benzene rings is 1. The van der Waals surface area contributed by atoms with Crippen molar-refractivity contribution in [1.29, 1.82) is 0 Å². The lowest BCUT2D eigenvalue weighted by molar-refractivity contribution is -0.144. The van der Waals surface area contributed by atoms with Gasteiger partial charge in [0.2, 0.25) is 0 Å². The van der Waals surface area contributed by atoms with Crippen molar-refractivity contribution in [2.45, 2.75) is 26.4 Å². The molecule has 0 aliphatic heterocycles.